The summed E-state index contributed by atoms with van der Waals surface area (Å²) >= 11 is 0. The topological polar surface area (TPSA) is 74.0 Å². The van der Waals surface area contributed by atoms with Crippen molar-refractivity contribution in [2.24, 2.45) is 0 Å². The Morgan fingerprint density at radius 2 is 1.87 bits per heavy atom. The fourth-order valence-corrected chi connectivity index (χ4v) is 3.32. The SMILES string of the molecule is Cc1noc(C)c1COc1ccc(C(=O)N(C)C[C@@H]2COc3ccccc3O2)cc1. The molecule has 1 aliphatic heterocycles. The third-order valence-electron chi connectivity index (χ3n) is 5.06. The summed E-state index contributed by atoms with van der Waals surface area (Å²) in [6.07, 6.45) is -0.216. The molecule has 0 fully saturated rings. The number of nitrogens with zero attached hydrogens (tertiary/aromatic N) is 2. The van der Waals surface area contributed by atoms with Crippen LogP contribution in [0.4, 0.5) is 0 Å². The van der Waals surface area contributed by atoms with Crippen LogP contribution in [0.15, 0.2) is 53.1 Å². The van der Waals surface area contributed by atoms with E-state index in [1.807, 2.05) is 38.1 Å². The summed E-state index contributed by atoms with van der Waals surface area (Å²) in [6.45, 7) is 4.94. The number of carbonyl (C=O) groups excluding carboxylic acids is 1. The zero-order valence-electron chi connectivity index (χ0n) is 17.3. The summed E-state index contributed by atoms with van der Waals surface area (Å²) in [5.74, 6) is 2.77. The second kappa shape index (κ2) is 8.49. The number of hydrogen-bond acceptors (Lipinski definition) is 6. The Morgan fingerprint density at radius 3 is 2.57 bits per heavy atom. The first-order valence-corrected chi connectivity index (χ1v) is 9.80. The van der Waals surface area contributed by atoms with E-state index < -0.39 is 0 Å². The van der Waals surface area contributed by atoms with Gasteiger partial charge >= 0.3 is 0 Å². The predicted molar refractivity (Wildman–Crippen MR) is 110 cm³/mol. The van der Waals surface area contributed by atoms with E-state index in [0.717, 1.165) is 22.8 Å². The highest BCUT2D eigenvalue weighted by atomic mass is 16.6. The number of aryl methyl sites for hydroxylation is 2. The Bertz CT molecular complexity index is 1010. The zero-order chi connectivity index (χ0) is 21.1. The van der Waals surface area contributed by atoms with Gasteiger partial charge in [-0.05, 0) is 50.2 Å². The molecule has 1 aromatic heterocycles. The number of ether oxygens (including phenoxy) is 3. The Morgan fingerprint density at radius 1 is 1.13 bits per heavy atom. The van der Waals surface area contributed by atoms with Crippen LogP contribution in [0, 0.1) is 13.8 Å². The van der Waals surface area contributed by atoms with Crippen LogP contribution < -0.4 is 14.2 Å². The van der Waals surface area contributed by atoms with Gasteiger partial charge in [-0.15, -0.1) is 0 Å². The molecule has 1 aliphatic rings. The standard InChI is InChI=1S/C23H24N2O5/c1-15-20(16(2)30-24-15)14-27-18-10-8-17(9-11-18)23(26)25(3)12-19-13-28-21-6-4-5-7-22(21)29-19/h4-11,19H,12-14H2,1-3H3/t19-/m1/s1. The molecule has 1 atom stereocenters. The van der Waals surface area contributed by atoms with Gasteiger partial charge in [0.15, 0.2) is 17.6 Å². The van der Waals surface area contributed by atoms with Crippen LogP contribution >= 0.6 is 0 Å². The van der Waals surface area contributed by atoms with Gasteiger partial charge in [0, 0.05) is 12.6 Å². The highest BCUT2D eigenvalue weighted by Gasteiger charge is 2.24. The van der Waals surface area contributed by atoms with Gasteiger partial charge in [0.05, 0.1) is 17.8 Å². The fourth-order valence-electron chi connectivity index (χ4n) is 3.32. The van der Waals surface area contributed by atoms with Crippen molar-refractivity contribution in [3.8, 4) is 17.2 Å². The van der Waals surface area contributed by atoms with Crippen molar-refractivity contribution in [3.05, 3.63) is 71.1 Å². The number of hydrogen-bond donors (Lipinski definition) is 0. The van der Waals surface area contributed by atoms with Gasteiger partial charge in [-0.25, -0.2) is 0 Å². The van der Waals surface area contributed by atoms with Crippen LogP contribution in [-0.4, -0.2) is 42.3 Å². The average Bonchev–Trinajstić information content (AvgIpc) is 3.09. The summed E-state index contributed by atoms with van der Waals surface area (Å²) in [7, 11) is 1.76. The third kappa shape index (κ3) is 4.25. The molecule has 0 spiro atoms. The second-order valence-corrected chi connectivity index (χ2v) is 7.30. The van der Waals surface area contributed by atoms with E-state index in [1.165, 1.54) is 0 Å². The van der Waals surface area contributed by atoms with E-state index in [9.17, 15) is 4.79 Å². The molecule has 0 saturated carbocycles. The molecule has 0 unspecified atom stereocenters. The Kier molecular flexibility index (Phi) is 5.61. The third-order valence-corrected chi connectivity index (χ3v) is 5.06. The molecule has 0 saturated heterocycles. The van der Waals surface area contributed by atoms with E-state index >= 15 is 0 Å². The van der Waals surface area contributed by atoms with Crippen molar-refractivity contribution in [2.75, 3.05) is 20.2 Å². The zero-order valence-corrected chi connectivity index (χ0v) is 17.3. The molecule has 0 N–H and O–H groups in total. The summed E-state index contributed by atoms with van der Waals surface area (Å²) < 4.78 is 22.6. The van der Waals surface area contributed by atoms with Crippen molar-refractivity contribution in [2.45, 2.75) is 26.6 Å². The molecule has 2 heterocycles. The number of rotatable bonds is 6. The minimum absolute atomic E-state index is 0.0882. The first-order valence-electron chi connectivity index (χ1n) is 9.80. The highest BCUT2D eigenvalue weighted by molar-refractivity contribution is 5.94. The molecule has 7 heteroatoms. The largest absolute Gasteiger partial charge is 0.489 e. The maximum absolute atomic E-state index is 12.8. The van der Waals surface area contributed by atoms with Gasteiger partial charge in [-0.1, -0.05) is 17.3 Å². The van der Waals surface area contributed by atoms with E-state index in [4.69, 9.17) is 18.7 Å². The van der Waals surface area contributed by atoms with Crippen molar-refractivity contribution in [1.82, 2.24) is 10.1 Å². The molecule has 30 heavy (non-hydrogen) atoms. The maximum Gasteiger partial charge on any atom is 0.253 e. The van der Waals surface area contributed by atoms with E-state index in [2.05, 4.69) is 5.16 Å². The number of para-hydroxylation sites is 2. The average molecular weight is 408 g/mol. The lowest BCUT2D eigenvalue weighted by Gasteiger charge is -2.29. The molecule has 0 bridgehead atoms. The Balaban J connectivity index is 1.33. The number of carbonyl (C=O) groups is 1. The second-order valence-electron chi connectivity index (χ2n) is 7.30. The maximum atomic E-state index is 12.8. The van der Waals surface area contributed by atoms with Crippen LogP contribution in [0.3, 0.4) is 0 Å². The van der Waals surface area contributed by atoms with Gasteiger partial charge in [0.2, 0.25) is 0 Å². The predicted octanol–water partition coefficient (Wildman–Crippen LogP) is 3.78. The summed E-state index contributed by atoms with van der Waals surface area (Å²) in [5.41, 5.74) is 2.34. The van der Waals surface area contributed by atoms with E-state index in [1.54, 1.807) is 36.2 Å². The lowest BCUT2D eigenvalue weighted by atomic mass is 10.2. The smallest absolute Gasteiger partial charge is 0.253 e. The number of benzene rings is 2. The van der Waals surface area contributed by atoms with Crippen molar-refractivity contribution in [3.63, 3.8) is 0 Å². The lowest BCUT2D eigenvalue weighted by molar-refractivity contribution is 0.0521. The first kappa shape index (κ1) is 19.8. The van der Waals surface area contributed by atoms with Gasteiger partial charge in [-0.3, -0.25) is 4.79 Å². The number of fused-ring (bicyclic) bond motifs is 1. The molecule has 2 aromatic carbocycles. The molecule has 1 amide bonds. The highest BCUT2D eigenvalue weighted by Crippen LogP contribution is 2.31. The summed E-state index contributed by atoms with van der Waals surface area (Å²) in [4.78, 5) is 14.4. The number of amides is 1. The van der Waals surface area contributed by atoms with E-state index in [-0.39, 0.29) is 12.0 Å². The van der Waals surface area contributed by atoms with Crippen molar-refractivity contribution in [1.29, 1.82) is 0 Å². The van der Waals surface area contributed by atoms with Crippen LogP contribution in [0.1, 0.15) is 27.4 Å². The molecule has 0 radical (unpaired) electrons. The van der Waals surface area contributed by atoms with Gasteiger partial charge in [0.25, 0.3) is 5.91 Å². The molecular formula is C23H24N2O5. The van der Waals surface area contributed by atoms with Gasteiger partial charge in [0.1, 0.15) is 24.7 Å². The summed E-state index contributed by atoms with van der Waals surface area (Å²) in [5, 5.41) is 3.92. The van der Waals surface area contributed by atoms with Crippen LogP contribution in [-0.2, 0) is 6.61 Å². The first-order chi connectivity index (χ1) is 14.5. The fraction of sp³-hybridized carbons (Fsp3) is 0.304. The number of aromatic nitrogens is 1. The normalized spacial score (nSPS) is 15.0. The monoisotopic (exact) mass is 408 g/mol. The molecule has 3 aromatic rings. The van der Waals surface area contributed by atoms with Crippen molar-refractivity contribution >= 4 is 5.91 Å². The van der Waals surface area contributed by atoms with Crippen LogP contribution in [0.25, 0.3) is 0 Å². The Hall–Kier alpha value is -3.48. The van der Waals surface area contributed by atoms with Gasteiger partial charge in [-0.2, -0.15) is 0 Å². The minimum atomic E-state index is -0.216. The lowest BCUT2D eigenvalue weighted by Crippen LogP contribution is -2.41. The van der Waals surface area contributed by atoms with Crippen LogP contribution in [0.5, 0.6) is 17.2 Å². The molecule has 4 rings (SSSR count). The summed E-state index contributed by atoms with van der Waals surface area (Å²) in [6, 6.07) is 14.6. The quantitative estimate of drug-likeness (QED) is 0.618. The number of likely N-dealkylation sites (N-methyl/N-ethyl adjacent to an activating group) is 1. The molecule has 7 nitrogen and oxygen atoms in total. The molecule has 156 valence electrons. The van der Waals surface area contributed by atoms with Crippen molar-refractivity contribution < 1.29 is 23.5 Å². The minimum Gasteiger partial charge on any atom is -0.489 e. The molecule has 0 aliphatic carbocycles. The van der Waals surface area contributed by atoms with E-state index in [0.29, 0.717) is 36.8 Å². The Labute approximate surface area is 175 Å². The molecular weight excluding hydrogens is 384 g/mol. The van der Waals surface area contributed by atoms with Gasteiger partial charge < -0.3 is 23.6 Å². The van der Waals surface area contributed by atoms with Crippen LogP contribution in [0.2, 0.25) is 0 Å².